The van der Waals surface area contributed by atoms with Gasteiger partial charge in [-0.2, -0.15) is 0 Å². The van der Waals surface area contributed by atoms with Gasteiger partial charge in [0.25, 0.3) is 0 Å². The smallest absolute Gasteiger partial charge is 0.155 e. The number of hydrogen-bond donors (Lipinski definition) is 2. The maximum Gasteiger partial charge on any atom is 0.155 e. The van der Waals surface area contributed by atoms with Crippen LogP contribution in [0, 0.1) is 34.5 Å². The molecular weight excluding hydrogens is 276 g/mol. The highest BCUT2D eigenvalue weighted by Gasteiger charge is 2.61. The molecule has 3 fully saturated rings. The number of carbonyl (C=O) groups excluding carboxylic acids is 1. The molecule has 0 saturated heterocycles. The molecule has 0 amide bonds. The zero-order valence-electron chi connectivity index (χ0n) is 13.7. The first-order valence-electron chi connectivity index (χ1n) is 8.94. The molecule has 22 heavy (non-hydrogen) atoms. The molecule has 0 heterocycles. The van der Waals surface area contributed by atoms with Crippen LogP contribution in [0.15, 0.2) is 12.2 Å². The second kappa shape index (κ2) is 4.67. The minimum Gasteiger partial charge on any atom is -0.390 e. The Morgan fingerprint density at radius 1 is 1.14 bits per heavy atom. The zero-order chi connectivity index (χ0) is 15.7. The van der Waals surface area contributed by atoms with E-state index in [1.807, 2.05) is 6.08 Å². The van der Waals surface area contributed by atoms with E-state index >= 15 is 0 Å². The third-order valence-electron chi connectivity index (χ3n) is 8.01. The minimum absolute atomic E-state index is 0.113. The van der Waals surface area contributed by atoms with Crippen molar-refractivity contribution >= 4 is 5.78 Å². The molecule has 4 aliphatic rings. The third kappa shape index (κ3) is 1.78. The fraction of sp³-hybridized carbons (Fsp3) is 0.842. The lowest BCUT2D eigenvalue weighted by Crippen LogP contribution is -2.53. The van der Waals surface area contributed by atoms with Crippen LogP contribution in [0.4, 0.5) is 0 Å². The van der Waals surface area contributed by atoms with Gasteiger partial charge in [0, 0.05) is 6.42 Å². The largest absolute Gasteiger partial charge is 0.390 e. The normalized spacial score (nSPS) is 57.2. The van der Waals surface area contributed by atoms with Gasteiger partial charge in [0.05, 0.1) is 12.2 Å². The molecule has 0 spiro atoms. The molecule has 3 saturated carbocycles. The Labute approximate surface area is 132 Å². The van der Waals surface area contributed by atoms with Crippen molar-refractivity contribution in [2.45, 2.75) is 64.6 Å². The number of aliphatic hydroxyl groups excluding tert-OH is 2. The van der Waals surface area contributed by atoms with Crippen molar-refractivity contribution in [3.63, 3.8) is 0 Å². The summed E-state index contributed by atoms with van der Waals surface area (Å²) >= 11 is 0. The van der Waals surface area contributed by atoms with E-state index in [0.717, 1.165) is 32.1 Å². The van der Waals surface area contributed by atoms with Gasteiger partial charge in [-0.05, 0) is 72.7 Å². The lowest BCUT2D eigenvalue weighted by atomic mass is 9.46. The lowest BCUT2D eigenvalue weighted by molar-refractivity contribution is -0.124. The first kappa shape index (κ1) is 14.9. The predicted octanol–water partition coefficient (Wildman–Crippen LogP) is 2.71. The van der Waals surface area contributed by atoms with Crippen LogP contribution in [0.25, 0.3) is 0 Å². The van der Waals surface area contributed by atoms with Crippen LogP contribution in [-0.4, -0.2) is 28.2 Å². The van der Waals surface area contributed by atoms with Crippen molar-refractivity contribution in [1.82, 2.24) is 0 Å². The molecule has 0 aromatic rings. The number of carbonyl (C=O) groups is 1. The molecule has 3 nitrogen and oxygen atoms in total. The highest BCUT2D eigenvalue weighted by atomic mass is 16.3. The van der Waals surface area contributed by atoms with E-state index < -0.39 is 12.2 Å². The second-order valence-electron chi connectivity index (χ2n) is 8.81. The van der Waals surface area contributed by atoms with Gasteiger partial charge in [-0.1, -0.05) is 19.9 Å². The average molecular weight is 304 g/mol. The Bertz CT molecular complexity index is 527. The molecule has 4 rings (SSSR count). The highest BCUT2D eigenvalue weighted by Crippen LogP contribution is 2.65. The molecular formula is C19H28O3. The number of ketones is 1. The zero-order valence-corrected chi connectivity index (χ0v) is 13.7. The minimum atomic E-state index is -0.563. The van der Waals surface area contributed by atoms with E-state index in [1.54, 1.807) is 0 Å². The summed E-state index contributed by atoms with van der Waals surface area (Å²) in [7, 11) is 0. The van der Waals surface area contributed by atoms with Crippen LogP contribution in [-0.2, 0) is 4.79 Å². The molecule has 0 aliphatic heterocycles. The van der Waals surface area contributed by atoms with Crippen molar-refractivity contribution in [3.05, 3.63) is 12.2 Å². The molecule has 3 heteroatoms. The molecule has 0 aromatic carbocycles. The molecule has 0 unspecified atom stereocenters. The summed E-state index contributed by atoms with van der Waals surface area (Å²) in [6.07, 6.45) is 8.75. The Morgan fingerprint density at radius 3 is 2.68 bits per heavy atom. The molecule has 0 bridgehead atoms. The van der Waals surface area contributed by atoms with Crippen molar-refractivity contribution in [2.75, 3.05) is 0 Å². The average Bonchev–Trinajstić information content (AvgIpc) is 2.72. The Morgan fingerprint density at radius 2 is 1.91 bits per heavy atom. The van der Waals surface area contributed by atoms with Gasteiger partial charge in [-0.25, -0.2) is 0 Å². The number of allylic oxidation sites excluding steroid dienone is 2. The van der Waals surface area contributed by atoms with E-state index in [4.69, 9.17) is 0 Å². The number of fused-ring (bicyclic) bond motifs is 5. The summed E-state index contributed by atoms with van der Waals surface area (Å²) in [5.41, 5.74) is 0.0225. The summed E-state index contributed by atoms with van der Waals surface area (Å²) in [6, 6.07) is 0. The Balaban J connectivity index is 1.68. The molecule has 0 aromatic heterocycles. The summed E-state index contributed by atoms with van der Waals surface area (Å²) in [6.45, 7) is 4.53. The van der Waals surface area contributed by atoms with Gasteiger partial charge in [0.1, 0.15) is 0 Å². The van der Waals surface area contributed by atoms with Gasteiger partial charge in [0.2, 0.25) is 0 Å². The maximum atomic E-state index is 11.8. The van der Waals surface area contributed by atoms with Crippen LogP contribution in [0.3, 0.4) is 0 Å². The highest BCUT2D eigenvalue weighted by molar-refractivity contribution is 5.91. The van der Waals surface area contributed by atoms with Gasteiger partial charge in [-0.3, -0.25) is 4.79 Å². The van der Waals surface area contributed by atoms with Gasteiger partial charge in [-0.15, -0.1) is 0 Å². The van der Waals surface area contributed by atoms with Crippen molar-refractivity contribution < 1.29 is 15.0 Å². The monoisotopic (exact) mass is 304 g/mol. The SMILES string of the molecule is C[C@]12C=CC(=O)C[C@@H]1CC[C@@H]1[C@@H]2CC[C@]2(C)[C@H](O)[C@H](O)C[C@@H]12. The number of aliphatic hydroxyl groups is 2. The summed E-state index contributed by atoms with van der Waals surface area (Å²) in [5, 5.41) is 20.7. The number of rotatable bonds is 0. The van der Waals surface area contributed by atoms with E-state index in [1.165, 1.54) is 0 Å². The van der Waals surface area contributed by atoms with E-state index in [-0.39, 0.29) is 16.6 Å². The van der Waals surface area contributed by atoms with E-state index in [0.29, 0.717) is 30.1 Å². The first-order chi connectivity index (χ1) is 10.4. The van der Waals surface area contributed by atoms with Gasteiger partial charge < -0.3 is 10.2 Å². The third-order valence-corrected chi connectivity index (χ3v) is 8.01. The molecule has 8 atom stereocenters. The van der Waals surface area contributed by atoms with Gasteiger partial charge >= 0.3 is 0 Å². The summed E-state index contributed by atoms with van der Waals surface area (Å²) in [4.78, 5) is 11.8. The predicted molar refractivity (Wildman–Crippen MR) is 84.0 cm³/mol. The van der Waals surface area contributed by atoms with Crippen LogP contribution < -0.4 is 0 Å². The molecule has 122 valence electrons. The number of hydrogen-bond acceptors (Lipinski definition) is 3. The summed E-state index contributed by atoms with van der Waals surface area (Å²) in [5.74, 6) is 2.40. The first-order valence-corrected chi connectivity index (χ1v) is 8.94. The fourth-order valence-corrected chi connectivity index (χ4v) is 6.62. The maximum absolute atomic E-state index is 11.8. The molecule has 4 aliphatic carbocycles. The van der Waals surface area contributed by atoms with Crippen molar-refractivity contribution in [2.24, 2.45) is 34.5 Å². The topological polar surface area (TPSA) is 57.5 Å². The quantitative estimate of drug-likeness (QED) is 0.723. The van der Waals surface area contributed by atoms with E-state index in [2.05, 4.69) is 19.9 Å². The van der Waals surface area contributed by atoms with E-state index in [9.17, 15) is 15.0 Å². The standard InChI is InChI=1S/C19H28O3/c1-18-7-5-12(20)9-11(18)3-4-13-14(18)6-8-19(2)15(13)10-16(21)17(19)22/h5,7,11,13-17,21-22H,3-4,6,8-10H2,1-2H3/t11-,13+,14-,15-,16+,17+,18-,19-/m0/s1. The fourth-order valence-electron chi connectivity index (χ4n) is 6.62. The van der Waals surface area contributed by atoms with Gasteiger partial charge in [0.15, 0.2) is 5.78 Å². The lowest BCUT2D eigenvalue weighted by Gasteiger charge is -2.58. The van der Waals surface area contributed by atoms with Crippen molar-refractivity contribution in [3.8, 4) is 0 Å². The second-order valence-corrected chi connectivity index (χ2v) is 8.81. The van der Waals surface area contributed by atoms with Crippen molar-refractivity contribution in [1.29, 1.82) is 0 Å². The van der Waals surface area contributed by atoms with Crippen LogP contribution in [0.1, 0.15) is 52.4 Å². The van der Waals surface area contributed by atoms with Crippen LogP contribution in [0.2, 0.25) is 0 Å². The summed E-state index contributed by atoms with van der Waals surface area (Å²) < 4.78 is 0. The Hall–Kier alpha value is -0.670. The van der Waals surface area contributed by atoms with Crippen LogP contribution >= 0.6 is 0 Å². The van der Waals surface area contributed by atoms with Crippen LogP contribution in [0.5, 0.6) is 0 Å². The molecule has 2 N–H and O–H groups in total. The molecule has 0 radical (unpaired) electrons. The Kier molecular flexibility index (Phi) is 3.16.